The summed E-state index contributed by atoms with van der Waals surface area (Å²) in [6.45, 7) is 1.89. The summed E-state index contributed by atoms with van der Waals surface area (Å²) in [5.74, 6) is -0.396. The number of hydrazone groups is 1. The highest BCUT2D eigenvalue weighted by atomic mass is 32.2. The number of nitrogens with zero attached hydrogens (tertiary/aromatic N) is 1. The van der Waals surface area contributed by atoms with Crippen LogP contribution < -0.4 is 10.1 Å². The summed E-state index contributed by atoms with van der Waals surface area (Å²) >= 11 is 0. The van der Waals surface area contributed by atoms with Gasteiger partial charge in [0, 0.05) is 17.5 Å². The fourth-order valence-electron chi connectivity index (χ4n) is 2.54. The molecule has 3 rings (SSSR count). The Hall–Kier alpha value is -3.71. The SMILES string of the molecule is Cc1ccc(S(=O)(=O)Nc2ccc(C(=O)NN=CC=Cc3ccccc3)cc2)cc1. The molecule has 30 heavy (non-hydrogen) atoms. The molecule has 1 amide bonds. The predicted molar refractivity (Wildman–Crippen MR) is 120 cm³/mol. The lowest BCUT2D eigenvalue weighted by atomic mass is 10.2. The molecule has 0 spiro atoms. The van der Waals surface area contributed by atoms with Crippen molar-refractivity contribution in [2.75, 3.05) is 4.72 Å². The van der Waals surface area contributed by atoms with Gasteiger partial charge in [0.1, 0.15) is 0 Å². The minimum Gasteiger partial charge on any atom is -0.280 e. The summed E-state index contributed by atoms with van der Waals surface area (Å²) in [5.41, 5.74) is 5.15. The molecule has 0 aromatic heterocycles. The first kappa shape index (κ1) is 21.0. The van der Waals surface area contributed by atoms with Crippen LogP contribution in [-0.2, 0) is 10.0 Å². The maximum absolute atomic E-state index is 12.4. The zero-order chi connectivity index (χ0) is 21.4. The number of hydrogen-bond donors (Lipinski definition) is 2. The number of anilines is 1. The number of rotatable bonds is 7. The van der Waals surface area contributed by atoms with Crippen LogP contribution in [0.15, 0.2) is 94.9 Å². The lowest BCUT2D eigenvalue weighted by molar-refractivity contribution is 0.0955. The lowest BCUT2D eigenvalue weighted by Crippen LogP contribution is -2.17. The molecule has 0 atom stereocenters. The highest BCUT2D eigenvalue weighted by Gasteiger charge is 2.14. The minimum absolute atomic E-state index is 0.174. The van der Waals surface area contributed by atoms with Gasteiger partial charge in [-0.05, 0) is 55.0 Å². The zero-order valence-corrected chi connectivity index (χ0v) is 17.1. The van der Waals surface area contributed by atoms with Gasteiger partial charge in [0.15, 0.2) is 0 Å². The standard InChI is InChI=1S/C23H21N3O3S/c1-18-9-15-22(16-10-18)30(28,29)26-21-13-11-20(12-14-21)23(27)25-24-17-5-8-19-6-3-2-4-7-19/h2-17,26H,1H3,(H,25,27). The number of aryl methyl sites for hydroxylation is 1. The van der Waals surface area contributed by atoms with Crippen LogP contribution in [0.3, 0.4) is 0 Å². The Kier molecular flexibility index (Phi) is 6.77. The van der Waals surface area contributed by atoms with Gasteiger partial charge in [-0.1, -0.05) is 54.1 Å². The average Bonchev–Trinajstić information content (AvgIpc) is 2.74. The van der Waals surface area contributed by atoms with Gasteiger partial charge in [0.2, 0.25) is 0 Å². The van der Waals surface area contributed by atoms with Crippen LogP contribution >= 0.6 is 0 Å². The summed E-state index contributed by atoms with van der Waals surface area (Å²) in [6.07, 6.45) is 5.07. The van der Waals surface area contributed by atoms with E-state index >= 15 is 0 Å². The number of benzene rings is 3. The van der Waals surface area contributed by atoms with Crippen molar-refractivity contribution in [3.63, 3.8) is 0 Å². The zero-order valence-electron chi connectivity index (χ0n) is 16.3. The van der Waals surface area contributed by atoms with Crippen molar-refractivity contribution in [3.05, 3.63) is 102 Å². The molecule has 0 aliphatic heterocycles. The van der Waals surface area contributed by atoms with E-state index in [1.54, 1.807) is 30.3 Å². The number of carbonyl (C=O) groups is 1. The second-order valence-corrected chi connectivity index (χ2v) is 8.17. The molecule has 3 aromatic rings. The molecule has 0 unspecified atom stereocenters. The molecule has 0 bridgehead atoms. The first-order chi connectivity index (χ1) is 14.4. The van der Waals surface area contributed by atoms with E-state index in [2.05, 4.69) is 15.2 Å². The van der Waals surface area contributed by atoms with E-state index in [1.165, 1.54) is 30.5 Å². The molecular formula is C23H21N3O3S. The highest BCUT2D eigenvalue weighted by molar-refractivity contribution is 7.92. The second-order valence-electron chi connectivity index (χ2n) is 6.48. The molecule has 0 saturated heterocycles. The van der Waals surface area contributed by atoms with Crippen LogP contribution in [0.5, 0.6) is 0 Å². The Bertz CT molecular complexity index is 1150. The third-order valence-electron chi connectivity index (χ3n) is 4.15. The Morgan fingerprint density at radius 2 is 1.57 bits per heavy atom. The van der Waals surface area contributed by atoms with Gasteiger partial charge in [-0.2, -0.15) is 5.10 Å². The number of allylic oxidation sites excluding steroid dienone is 1. The van der Waals surface area contributed by atoms with E-state index in [0.29, 0.717) is 11.3 Å². The van der Waals surface area contributed by atoms with Gasteiger partial charge in [0.05, 0.1) is 4.90 Å². The smallest absolute Gasteiger partial charge is 0.271 e. The van der Waals surface area contributed by atoms with Crippen LogP contribution in [0.4, 0.5) is 5.69 Å². The molecule has 0 aliphatic carbocycles. The minimum atomic E-state index is -3.69. The van der Waals surface area contributed by atoms with Crippen molar-refractivity contribution in [3.8, 4) is 0 Å². The molecule has 0 heterocycles. The highest BCUT2D eigenvalue weighted by Crippen LogP contribution is 2.17. The van der Waals surface area contributed by atoms with Gasteiger partial charge < -0.3 is 0 Å². The third kappa shape index (κ3) is 5.89. The normalized spacial score (nSPS) is 11.6. The van der Waals surface area contributed by atoms with Crippen molar-refractivity contribution in [1.29, 1.82) is 0 Å². The topological polar surface area (TPSA) is 87.6 Å². The number of amides is 1. The first-order valence-electron chi connectivity index (χ1n) is 9.19. The largest absolute Gasteiger partial charge is 0.280 e. The predicted octanol–water partition coefficient (Wildman–Crippen LogP) is 4.22. The van der Waals surface area contributed by atoms with E-state index in [-0.39, 0.29) is 4.90 Å². The van der Waals surface area contributed by atoms with E-state index in [9.17, 15) is 13.2 Å². The van der Waals surface area contributed by atoms with E-state index in [0.717, 1.165) is 11.1 Å². The van der Waals surface area contributed by atoms with Gasteiger partial charge in [-0.3, -0.25) is 9.52 Å². The Balaban J connectivity index is 1.57. The summed E-state index contributed by atoms with van der Waals surface area (Å²) in [4.78, 5) is 12.3. The molecular weight excluding hydrogens is 398 g/mol. The van der Waals surface area contributed by atoms with Crippen molar-refractivity contribution in [2.45, 2.75) is 11.8 Å². The van der Waals surface area contributed by atoms with Gasteiger partial charge in [-0.25, -0.2) is 13.8 Å². The van der Waals surface area contributed by atoms with E-state index in [1.807, 2.05) is 43.3 Å². The fourth-order valence-corrected chi connectivity index (χ4v) is 3.60. The molecule has 2 N–H and O–H groups in total. The van der Waals surface area contributed by atoms with Crippen molar-refractivity contribution < 1.29 is 13.2 Å². The molecule has 3 aromatic carbocycles. The van der Waals surface area contributed by atoms with Crippen molar-refractivity contribution in [2.24, 2.45) is 5.10 Å². The lowest BCUT2D eigenvalue weighted by Gasteiger charge is -2.09. The van der Waals surface area contributed by atoms with E-state index < -0.39 is 15.9 Å². The molecule has 0 aliphatic rings. The molecule has 0 fully saturated rings. The van der Waals surface area contributed by atoms with E-state index in [4.69, 9.17) is 0 Å². The summed E-state index contributed by atoms with van der Waals surface area (Å²) in [7, 11) is -3.69. The molecule has 0 saturated carbocycles. The molecule has 6 nitrogen and oxygen atoms in total. The van der Waals surface area contributed by atoms with Crippen molar-refractivity contribution in [1.82, 2.24) is 5.43 Å². The molecule has 7 heteroatoms. The van der Waals surface area contributed by atoms with Crippen LogP contribution in [0.25, 0.3) is 6.08 Å². The Morgan fingerprint density at radius 3 is 2.23 bits per heavy atom. The van der Waals surface area contributed by atoms with Crippen molar-refractivity contribution >= 4 is 33.9 Å². The monoisotopic (exact) mass is 419 g/mol. The van der Waals surface area contributed by atoms with Gasteiger partial charge in [-0.15, -0.1) is 0 Å². The molecule has 0 radical (unpaired) electrons. The Morgan fingerprint density at radius 1 is 0.900 bits per heavy atom. The number of hydrogen-bond acceptors (Lipinski definition) is 4. The van der Waals surface area contributed by atoms with Crippen LogP contribution in [0.2, 0.25) is 0 Å². The second kappa shape index (κ2) is 9.67. The van der Waals surface area contributed by atoms with Gasteiger partial charge >= 0.3 is 0 Å². The number of sulfonamides is 1. The molecule has 152 valence electrons. The van der Waals surface area contributed by atoms with Crippen LogP contribution in [0.1, 0.15) is 21.5 Å². The van der Waals surface area contributed by atoms with Gasteiger partial charge in [0.25, 0.3) is 15.9 Å². The summed E-state index contributed by atoms with van der Waals surface area (Å²) in [5, 5.41) is 3.87. The first-order valence-corrected chi connectivity index (χ1v) is 10.7. The maximum Gasteiger partial charge on any atom is 0.271 e. The van der Waals surface area contributed by atoms with Crippen LogP contribution in [0, 0.1) is 6.92 Å². The summed E-state index contributed by atoms with van der Waals surface area (Å²) < 4.78 is 27.3. The maximum atomic E-state index is 12.4. The summed E-state index contributed by atoms with van der Waals surface area (Å²) in [6, 6.07) is 22.4. The number of carbonyl (C=O) groups excluding carboxylic acids is 1. The quantitative estimate of drug-likeness (QED) is 0.444. The fraction of sp³-hybridized carbons (Fsp3) is 0.0435. The van der Waals surface area contributed by atoms with Crippen LogP contribution in [-0.4, -0.2) is 20.5 Å². The average molecular weight is 420 g/mol. The third-order valence-corrected chi connectivity index (χ3v) is 5.54. The Labute approximate surface area is 176 Å². The number of nitrogens with one attached hydrogen (secondary N) is 2.